The number of carbonyl (C=O) groups is 1. The highest BCUT2D eigenvalue weighted by Crippen LogP contribution is 2.43. The molecule has 1 saturated carbocycles. The lowest BCUT2D eigenvalue weighted by Crippen LogP contribution is -2.29. The van der Waals surface area contributed by atoms with Crippen LogP contribution in [0.5, 0.6) is 0 Å². The number of carboxylic acids is 1. The van der Waals surface area contributed by atoms with Gasteiger partial charge in [0.25, 0.3) is 0 Å². The van der Waals surface area contributed by atoms with Crippen LogP contribution in [0.15, 0.2) is 12.3 Å². The van der Waals surface area contributed by atoms with Crippen molar-refractivity contribution >= 4 is 11.9 Å². The average molecular weight is 225 g/mol. The van der Waals surface area contributed by atoms with Gasteiger partial charge in [-0.3, -0.25) is 0 Å². The van der Waals surface area contributed by atoms with Gasteiger partial charge in [-0.25, -0.2) is 19.2 Å². The van der Waals surface area contributed by atoms with Gasteiger partial charge in [0.2, 0.25) is 5.95 Å². The van der Waals surface area contributed by atoms with Crippen LogP contribution in [0.25, 0.3) is 0 Å². The van der Waals surface area contributed by atoms with Gasteiger partial charge in [0, 0.05) is 6.20 Å². The van der Waals surface area contributed by atoms with E-state index in [1.807, 2.05) is 0 Å². The number of aromatic nitrogens is 2. The molecule has 1 aromatic heterocycles. The predicted molar refractivity (Wildman–Crippen MR) is 55.1 cm³/mol. The summed E-state index contributed by atoms with van der Waals surface area (Å²) in [6.07, 6.45) is 2.39. The predicted octanol–water partition coefficient (Wildman–Crippen LogP) is 1.48. The van der Waals surface area contributed by atoms with Crippen LogP contribution in [0.3, 0.4) is 0 Å². The number of hydrogen-bond acceptors (Lipinski definition) is 4. The molecule has 1 aromatic rings. The van der Waals surface area contributed by atoms with Crippen molar-refractivity contribution in [1.82, 2.24) is 9.97 Å². The molecule has 1 aliphatic carbocycles. The number of halogens is 1. The average Bonchev–Trinajstić information content (AvgIpc) is 2.98. The third-order valence-corrected chi connectivity index (χ3v) is 2.72. The topological polar surface area (TPSA) is 75.1 Å². The van der Waals surface area contributed by atoms with Gasteiger partial charge in [-0.1, -0.05) is 0 Å². The van der Waals surface area contributed by atoms with Crippen LogP contribution in [0, 0.1) is 0 Å². The first kappa shape index (κ1) is 10.8. The zero-order valence-electron chi connectivity index (χ0n) is 8.77. The second-order valence-corrected chi connectivity index (χ2v) is 3.97. The Hall–Kier alpha value is -1.72. The largest absolute Gasteiger partial charge is 0.477 e. The summed E-state index contributed by atoms with van der Waals surface area (Å²) in [5.41, 5.74) is -1.30. The molecule has 1 unspecified atom stereocenters. The minimum atomic E-state index is -1.19. The highest BCUT2D eigenvalue weighted by molar-refractivity contribution is 5.85. The van der Waals surface area contributed by atoms with Gasteiger partial charge in [0.15, 0.2) is 5.69 Å². The molecule has 0 aromatic carbocycles. The number of rotatable bonds is 4. The van der Waals surface area contributed by atoms with E-state index in [9.17, 15) is 9.18 Å². The molecule has 1 aliphatic rings. The lowest BCUT2D eigenvalue weighted by atomic mass is 10.2. The van der Waals surface area contributed by atoms with Gasteiger partial charge in [0.05, 0.1) is 6.04 Å². The van der Waals surface area contributed by atoms with E-state index in [1.165, 1.54) is 12.3 Å². The summed E-state index contributed by atoms with van der Waals surface area (Å²) >= 11 is 0. The van der Waals surface area contributed by atoms with Gasteiger partial charge in [-0.15, -0.1) is 0 Å². The Morgan fingerprint density at radius 2 is 2.38 bits per heavy atom. The third-order valence-electron chi connectivity index (χ3n) is 2.72. The SMILES string of the molecule is CC(Nc1nccc(C(=O)O)n1)C1(F)CC1. The van der Waals surface area contributed by atoms with Crippen molar-refractivity contribution in [2.45, 2.75) is 31.5 Å². The fourth-order valence-corrected chi connectivity index (χ4v) is 1.42. The molecule has 0 spiro atoms. The summed E-state index contributed by atoms with van der Waals surface area (Å²) < 4.78 is 13.6. The number of anilines is 1. The monoisotopic (exact) mass is 225 g/mol. The Bertz CT molecular complexity index is 420. The Balaban J connectivity index is 2.09. The first-order valence-corrected chi connectivity index (χ1v) is 5.03. The number of aromatic carboxylic acids is 1. The summed E-state index contributed by atoms with van der Waals surface area (Å²) in [7, 11) is 0. The van der Waals surface area contributed by atoms with E-state index in [0.717, 1.165) is 0 Å². The molecular formula is C10H12FN3O2. The zero-order chi connectivity index (χ0) is 11.8. The molecule has 5 nitrogen and oxygen atoms in total. The third kappa shape index (κ3) is 2.10. The van der Waals surface area contributed by atoms with Crippen LogP contribution < -0.4 is 5.32 Å². The maximum Gasteiger partial charge on any atom is 0.354 e. The molecule has 0 bridgehead atoms. The minimum absolute atomic E-state index is 0.103. The maximum atomic E-state index is 13.6. The summed E-state index contributed by atoms with van der Waals surface area (Å²) in [5, 5.41) is 11.5. The normalized spacial score (nSPS) is 18.9. The second kappa shape index (κ2) is 3.70. The standard InChI is InChI=1S/C10H12FN3O2/c1-6(10(11)3-4-10)13-9-12-5-2-7(14-9)8(15)16/h2,5-6H,3-4H2,1H3,(H,15,16)(H,12,13,14). The molecule has 1 atom stereocenters. The Labute approximate surface area is 91.7 Å². The van der Waals surface area contributed by atoms with Crippen molar-refractivity contribution in [2.24, 2.45) is 0 Å². The number of nitrogens with one attached hydrogen (secondary N) is 1. The summed E-state index contributed by atoms with van der Waals surface area (Å²) in [4.78, 5) is 18.3. The molecule has 0 amide bonds. The number of nitrogens with zero attached hydrogens (tertiary/aromatic N) is 2. The molecule has 0 radical (unpaired) electrons. The Morgan fingerprint density at radius 1 is 1.69 bits per heavy atom. The lowest BCUT2D eigenvalue weighted by molar-refractivity contribution is 0.0690. The molecular weight excluding hydrogens is 213 g/mol. The fraction of sp³-hybridized carbons (Fsp3) is 0.500. The van der Waals surface area contributed by atoms with Crippen molar-refractivity contribution in [3.63, 3.8) is 0 Å². The van der Waals surface area contributed by atoms with Crippen LogP contribution in [0.2, 0.25) is 0 Å². The summed E-state index contributed by atoms with van der Waals surface area (Å²) in [6, 6.07) is 0.886. The lowest BCUT2D eigenvalue weighted by Gasteiger charge is -2.17. The molecule has 2 rings (SSSR count). The van der Waals surface area contributed by atoms with Gasteiger partial charge < -0.3 is 10.4 Å². The minimum Gasteiger partial charge on any atom is -0.477 e. The zero-order valence-corrected chi connectivity index (χ0v) is 8.77. The van der Waals surface area contributed by atoms with Gasteiger partial charge in [-0.05, 0) is 25.8 Å². The van der Waals surface area contributed by atoms with Gasteiger partial charge in [0.1, 0.15) is 5.67 Å². The van der Waals surface area contributed by atoms with E-state index in [4.69, 9.17) is 5.11 Å². The van der Waals surface area contributed by atoms with Crippen molar-refractivity contribution in [1.29, 1.82) is 0 Å². The number of alkyl halides is 1. The molecule has 0 aliphatic heterocycles. The Kier molecular flexibility index (Phi) is 2.49. The highest BCUT2D eigenvalue weighted by Gasteiger charge is 2.48. The smallest absolute Gasteiger partial charge is 0.354 e. The number of carboxylic acid groups (broad SMARTS) is 1. The molecule has 6 heteroatoms. The first-order chi connectivity index (χ1) is 7.51. The summed E-state index contributed by atoms with van der Waals surface area (Å²) in [5.74, 6) is -0.976. The van der Waals surface area contributed by atoms with Crippen LogP contribution in [-0.2, 0) is 0 Å². The molecule has 1 fully saturated rings. The van der Waals surface area contributed by atoms with Crippen LogP contribution in [-0.4, -0.2) is 32.8 Å². The van der Waals surface area contributed by atoms with Crippen LogP contribution >= 0.6 is 0 Å². The molecule has 2 N–H and O–H groups in total. The molecule has 86 valence electrons. The van der Waals surface area contributed by atoms with Crippen molar-refractivity contribution in [2.75, 3.05) is 5.32 Å². The van der Waals surface area contributed by atoms with Crippen LogP contribution in [0.4, 0.5) is 10.3 Å². The Morgan fingerprint density at radius 3 is 2.94 bits per heavy atom. The van der Waals surface area contributed by atoms with E-state index in [1.54, 1.807) is 6.92 Å². The van der Waals surface area contributed by atoms with Crippen molar-refractivity contribution < 1.29 is 14.3 Å². The van der Waals surface area contributed by atoms with Crippen LogP contribution in [0.1, 0.15) is 30.3 Å². The van der Waals surface area contributed by atoms with E-state index in [2.05, 4.69) is 15.3 Å². The van der Waals surface area contributed by atoms with E-state index in [-0.39, 0.29) is 11.6 Å². The number of hydrogen-bond donors (Lipinski definition) is 2. The van der Waals surface area contributed by atoms with Crippen molar-refractivity contribution in [3.8, 4) is 0 Å². The van der Waals surface area contributed by atoms with Gasteiger partial charge in [-0.2, -0.15) is 0 Å². The molecule has 0 saturated heterocycles. The van der Waals surface area contributed by atoms with E-state index < -0.39 is 17.7 Å². The van der Waals surface area contributed by atoms with Crippen molar-refractivity contribution in [3.05, 3.63) is 18.0 Å². The second-order valence-electron chi connectivity index (χ2n) is 3.97. The first-order valence-electron chi connectivity index (χ1n) is 5.03. The van der Waals surface area contributed by atoms with Gasteiger partial charge >= 0.3 is 5.97 Å². The van der Waals surface area contributed by atoms with E-state index in [0.29, 0.717) is 12.8 Å². The van der Waals surface area contributed by atoms with E-state index >= 15 is 0 Å². The fourth-order valence-electron chi connectivity index (χ4n) is 1.42. The summed E-state index contributed by atoms with van der Waals surface area (Å²) in [6.45, 7) is 1.70. The highest BCUT2D eigenvalue weighted by atomic mass is 19.1. The quantitative estimate of drug-likeness (QED) is 0.811. The molecule has 1 heterocycles. The molecule has 16 heavy (non-hydrogen) atoms. The maximum absolute atomic E-state index is 13.6.